The summed E-state index contributed by atoms with van der Waals surface area (Å²) in [5, 5.41) is 12.5. The van der Waals surface area contributed by atoms with Crippen LogP contribution < -0.4 is 9.63 Å². The number of pyridine rings is 1. The van der Waals surface area contributed by atoms with Gasteiger partial charge >= 0.3 is 6.18 Å². The van der Waals surface area contributed by atoms with Crippen molar-refractivity contribution in [1.82, 2.24) is 9.88 Å². The van der Waals surface area contributed by atoms with Crippen molar-refractivity contribution in [3.8, 4) is 0 Å². The second kappa shape index (κ2) is 7.18. The summed E-state index contributed by atoms with van der Waals surface area (Å²) < 4.78 is 40.6. The molecule has 5 nitrogen and oxygen atoms in total. The van der Waals surface area contributed by atoms with Crippen LogP contribution >= 0.6 is 11.6 Å². The quantitative estimate of drug-likeness (QED) is 0.528. The van der Waals surface area contributed by atoms with Gasteiger partial charge in [-0.25, -0.2) is 9.71 Å². The Balaban J connectivity index is 1.55. The second-order valence-electron chi connectivity index (χ2n) is 6.84. The fourth-order valence-electron chi connectivity index (χ4n) is 3.62. The number of hydrogen-bond donors (Lipinski definition) is 1. The molecule has 0 aliphatic carbocycles. The number of aromatic nitrogens is 2. The number of alkyl halides is 3. The van der Waals surface area contributed by atoms with Gasteiger partial charge in [0, 0.05) is 43.8 Å². The number of aromatic amines is 1. The first-order valence-corrected chi connectivity index (χ1v) is 9.23. The van der Waals surface area contributed by atoms with Crippen LogP contribution in [0.5, 0.6) is 0 Å². The lowest BCUT2D eigenvalue weighted by Crippen LogP contribution is -2.46. The standard InChI is InChI=1S/C19H18ClF3N4O/c20-14-3-1-13(2-4-14)12-25-7-9-26(10-8-25)16-5-6-27(28)18-17(16)15(11-24-18)19(21,22)23/h1-6,11,24H,7-10,12H2. The molecule has 0 spiro atoms. The van der Waals surface area contributed by atoms with E-state index in [9.17, 15) is 18.4 Å². The Hall–Kier alpha value is -2.45. The lowest BCUT2D eigenvalue weighted by molar-refractivity contribution is -0.578. The van der Waals surface area contributed by atoms with Crippen LogP contribution in [0, 0.1) is 5.21 Å². The second-order valence-corrected chi connectivity index (χ2v) is 7.28. The molecule has 0 radical (unpaired) electrons. The van der Waals surface area contributed by atoms with Crippen molar-refractivity contribution >= 4 is 28.3 Å². The molecule has 1 aliphatic heterocycles. The van der Waals surface area contributed by atoms with Crippen LogP contribution in [-0.2, 0) is 12.7 Å². The number of benzene rings is 1. The molecule has 1 aliphatic rings. The average molecular weight is 411 g/mol. The molecule has 2 aromatic heterocycles. The third kappa shape index (κ3) is 3.62. The summed E-state index contributed by atoms with van der Waals surface area (Å²) in [6.45, 7) is 3.33. The van der Waals surface area contributed by atoms with E-state index >= 15 is 0 Å². The first-order valence-electron chi connectivity index (χ1n) is 8.85. The fourth-order valence-corrected chi connectivity index (χ4v) is 3.75. The summed E-state index contributed by atoms with van der Waals surface area (Å²) in [5.41, 5.74) is 0.680. The van der Waals surface area contributed by atoms with Gasteiger partial charge in [-0.3, -0.25) is 4.90 Å². The SMILES string of the molecule is [O-][n+]1ccc(N2CCN(Cc3ccc(Cl)cc3)CC2)c2c(C(F)(F)F)c[nH]c21. The number of anilines is 1. The van der Waals surface area contributed by atoms with Crippen molar-refractivity contribution in [3.05, 3.63) is 64.1 Å². The number of H-pyrrole nitrogens is 1. The van der Waals surface area contributed by atoms with Gasteiger partial charge in [0.1, 0.15) is 17.1 Å². The molecule has 1 saturated heterocycles. The molecule has 28 heavy (non-hydrogen) atoms. The van der Waals surface area contributed by atoms with Crippen molar-refractivity contribution in [1.29, 1.82) is 0 Å². The Morgan fingerprint density at radius 3 is 2.39 bits per heavy atom. The van der Waals surface area contributed by atoms with Gasteiger partial charge in [-0.2, -0.15) is 13.2 Å². The molecule has 0 saturated carbocycles. The molecule has 0 amide bonds. The van der Waals surface area contributed by atoms with Gasteiger partial charge in [0.05, 0.1) is 11.9 Å². The first kappa shape index (κ1) is 18.9. The zero-order valence-corrected chi connectivity index (χ0v) is 15.6. The third-order valence-electron chi connectivity index (χ3n) is 5.04. The smallest absolute Gasteiger partial charge is 0.420 e. The maximum atomic E-state index is 13.4. The van der Waals surface area contributed by atoms with Gasteiger partial charge in [0.2, 0.25) is 0 Å². The van der Waals surface area contributed by atoms with Crippen molar-refractivity contribution in [3.63, 3.8) is 0 Å². The van der Waals surface area contributed by atoms with Gasteiger partial charge in [-0.1, -0.05) is 23.7 Å². The number of nitrogens with zero attached hydrogens (tertiary/aromatic N) is 3. The van der Waals surface area contributed by atoms with Gasteiger partial charge in [0.15, 0.2) is 0 Å². The van der Waals surface area contributed by atoms with E-state index in [0.717, 1.165) is 18.3 Å². The van der Waals surface area contributed by atoms with E-state index in [4.69, 9.17) is 11.6 Å². The Bertz CT molecular complexity index is 979. The summed E-state index contributed by atoms with van der Waals surface area (Å²) in [7, 11) is 0. The monoisotopic (exact) mass is 410 g/mol. The lowest BCUT2D eigenvalue weighted by Gasteiger charge is -2.36. The van der Waals surface area contributed by atoms with Crippen LogP contribution in [0.1, 0.15) is 11.1 Å². The topological polar surface area (TPSA) is 49.2 Å². The number of nitrogens with one attached hydrogen (secondary N) is 1. The summed E-state index contributed by atoms with van der Waals surface area (Å²) in [5.74, 6) is 0. The van der Waals surface area contributed by atoms with Crippen LogP contribution in [-0.4, -0.2) is 36.1 Å². The molecule has 1 aromatic carbocycles. The molecule has 0 bridgehead atoms. The maximum absolute atomic E-state index is 13.4. The third-order valence-corrected chi connectivity index (χ3v) is 5.29. The molecule has 3 aromatic rings. The average Bonchev–Trinajstić information content (AvgIpc) is 3.11. The van der Waals surface area contributed by atoms with E-state index in [2.05, 4.69) is 9.88 Å². The van der Waals surface area contributed by atoms with Crippen molar-refractivity contribution in [2.24, 2.45) is 0 Å². The minimum absolute atomic E-state index is 0.0730. The van der Waals surface area contributed by atoms with E-state index < -0.39 is 11.7 Å². The highest BCUT2D eigenvalue weighted by Gasteiger charge is 2.38. The van der Waals surface area contributed by atoms with E-state index in [-0.39, 0.29) is 11.0 Å². The Labute approximate surface area is 164 Å². The Morgan fingerprint density at radius 1 is 1.07 bits per heavy atom. The Kier molecular flexibility index (Phi) is 4.84. The molecule has 4 rings (SSSR count). The molecular formula is C19H18ClF3N4O. The van der Waals surface area contributed by atoms with Crippen molar-refractivity contribution in [2.75, 3.05) is 31.1 Å². The predicted octanol–water partition coefficient (Wildman–Crippen LogP) is 3.80. The van der Waals surface area contributed by atoms with Crippen LogP contribution in [0.25, 0.3) is 11.0 Å². The van der Waals surface area contributed by atoms with E-state index in [0.29, 0.717) is 41.6 Å². The molecule has 0 unspecified atom stereocenters. The highest BCUT2D eigenvalue weighted by Crippen LogP contribution is 2.38. The molecule has 148 valence electrons. The Morgan fingerprint density at radius 2 is 1.75 bits per heavy atom. The first-order chi connectivity index (χ1) is 13.3. The number of fused-ring (bicyclic) bond motifs is 1. The fraction of sp³-hybridized carbons (Fsp3) is 0.316. The predicted molar refractivity (Wildman–Crippen MR) is 101 cm³/mol. The lowest BCUT2D eigenvalue weighted by atomic mass is 10.1. The molecule has 1 fully saturated rings. The van der Waals surface area contributed by atoms with Crippen molar-refractivity contribution in [2.45, 2.75) is 12.7 Å². The van der Waals surface area contributed by atoms with Crippen LogP contribution in [0.3, 0.4) is 0 Å². The van der Waals surface area contributed by atoms with Gasteiger partial charge in [0.25, 0.3) is 5.65 Å². The zero-order valence-electron chi connectivity index (χ0n) is 14.8. The highest BCUT2D eigenvalue weighted by atomic mass is 35.5. The minimum atomic E-state index is -4.53. The zero-order chi connectivity index (χ0) is 19.9. The van der Waals surface area contributed by atoms with Gasteiger partial charge < -0.3 is 10.1 Å². The summed E-state index contributed by atoms with van der Waals surface area (Å²) in [6, 6.07) is 9.09. The van der Waals surface area contributed by atoms with Crippen molar-refractivity contribution < 1.29 is 17.9 Å². The van der Waals surface area contributed by atoms with Gasteiger partial charge in [-0.15, -0.1) is 0 Å². The van der Waals surface area contributed by atoms with Crippen LogP contribution in [0.15, 0.2) is 42.7 Å². The van der Waals surface area contributed by atoms with Crippen LogP contribution in [0.2, 0.25) is 5.02 Å². The minimum Gasteiger partial charge on any atom is -0.711 e. The number of rotatable bonds is 3. The van der Waals surface area contributed by atoms with E-state index in [1.807, 2.05) is 29.2 Å². The number of hydrogen-bond acceptors (Lipinski definition) is 3. The normalized spacial score (nSPS) is 16.1. The maximum Gasteiger partial charge on any atom is 0.420 e. The largest absolute Gasteiger partial charge is 0.711 e. The molecular weight excluding hydrogens is 393 g/mol. The van der Waals surface area contributed by atoms with E-state index in [1.54, 1.807) is 0 Å². The summed E-state index contributed by atoms with van der Waals surface area (Å²) in [4.78, 5) is 6.62. The number of halogens is 4. The van der Waals surface area contributed by atoms with E-state index in [1.165, 1.54) is 12.3 Å². The molecule has 0 atom stereocenters. The van der Waals surface area contributed by atoms with Crippen LogP contribution in [0.4, 0.5) is 18.9 Å². The highest BCUT2D eigenvalue weighted by molar-refractivity contribution is 6.30. The summed E-state index contributed by atoms with van der Waals surface area (Å²) >= 11 is 5.91. The summed E-state index contributed by atoms with van der Waals surface area (Å²) in [6.07, 6.45) is -2.43. The number of piperazine rings is 1. The molecule has 9 heteroatoms. The molecule has 1 N–H and O–H groups in total. The molecule has 3 heterocycles. The van der Waals surface area contributed by atoms with Gasteiger partial charge in [-0.05, 0) is 17.7 Å².